The molecule has 0 aliphatic heterocycles. The van der Waals surface area contributed by atoms with Gasteiger partial charge in [0.25, 0.3) is 0 Å². The van der Waals surface area contributed by atoms with E-state index in [1.54, 1.807) is 10.6 Å². The van der Waals surface area contributed by atoms with Gasteiger partial charge >= 0.3 is 0 Å². The fourth-order valence-corrected chi connectivity index (χ4v) is 3.79. The molecule has 2 aromatic heterocycles. The molecule has 116 valence electrons. The van der Waals surface area contributed by atoms with Gasteiger partial charge in [-0.2, -0.15) is 9.97 Å². The van der Waals surface area contributed by atoms with Crippen LogP contribution >= 0.6 is 11.6 Å². The third kappa shape index (κ3) is 1.50. The van der Waals surface area contributed by atoms with Crippen LogP contribution in [0.1, 0.15) is 6.04 Å². The standard InChI is InChI=1S/C13H14ClN5O3/c14-12-17-10(15)6-11(18-12)19(4-16-6)7-5-1-2-13(5,3-20)9(22)8(7)21/h1-2,4-5,7-9,20-22H,3H2,(H2,15,17,18)/t5-,7-,8+,9+,13+/m1/s1. The Kier molecular flexibility index (Phi) is 2.77. The molecule has 2 aromatic rings. The number of fused-ring (bicyclic) bond motifs is 2. The zero-order valence-electron chi connectivity index (χ0n) is 11.3. The summed E-state index contributed by atoms with van der Waals surface area (Å²) in [5, 5.41) is 30.4. The smallest absolute Gasteiger partial charge is 0.226 e. The van der Waals surface area contributed by atoms with Crippen molar-refractivity contribution in [2.75, 3.05) is 12.3 Å². The second-order valence-electron chi connectivity index (χ2n) is 5.78. The van der Waals surface area contributed by atoms with Gasteiger partial charge in [-0.3, -0.25) is 0 Å². The summed E-state index contributed by atoms with van der Waals surface area (Å²) in [7, 11) is 0. The molecule has 0 radical (unpaired) electrons. The number of allylic oxidation sites excluding steroid dienone is 1. The maximum absolute atomic E-state index is 10.4. The molecular weight excluding hydrogens is 310 g/mol. The second-order valence-corrected chi connectivity index (χ2v) is 6.12. The van der Waals surface area contributed by atoms with Crippen molar-refractivity contribution in [2.24, 2.45) is 11.3 Å². The molecule has 4 rings (SSSR count). The van der Waals surface area contributed by atoms with Crippen molar-refractivity contribution in [1.82, 2.24) is 19.5 Å². The van der Waals surface area contributed by atoms with E-state index < -0.39 is 23.7 Å². The Bertz CT molecular complexity index is 793. The number of nitrogens with zero attached hydrogens (tertiary/aromatic N) is 4. The van der Waals surface area contributed by atoms with Gasteiger partial charge in [0.2, 0.25) is 5.28 Å². The number of nitrogens with two attached hydrogens (primary N) is 1. The highest BCUT2D eigenvalue weighted by atomic mass is 35.5. The molecule has 0 aromatic carbocycles. The van der Waals surface area contributed by atoms with Crippen LogP contribution in [0.3, 0.4) is 0 Å². The van der Waals surface area contributed by atoms with Crippen LogP contribution in [-0.4, -0.2) is 53.7 Å². The Labute approximate surface area is 129 Å². The van der Waals surface area contributed by atoms with E-state index in [4.69, 9.17) is 17.3 Å². The van der Waals surface area contributed by atoms with Crippen molar-refractivity contribution in [1.29, 1.82) is 0 Å². The molecular formula is C13H14ClN5O3. The van der Waals surface area contributed by atoms with Crippen LogP contribution in [0.15, 0.2) is 18.5 Å². The van der Waals surface area contributed by atoms with Gasteiger partial charge in [0, 0.05) is 11.3 Å². The number of hydrogen-bond donors (Lipinski definition) is 4. The predicted molar refractivity (Wildman–Crippen MR) is 77.9 cm³/mol. The monoisotopic (exact) mass is 323 g/mol. The van der Waals surface area contributed by atoms with Gasteiger partial charge in [-0.15, -0.1) is 0 Å². The van der Waals surface area contributed by atoms with E-state index in [9.17, 15) is 15.3 Å². The Balaban J connectivity index is 1.88. The Morgan fingerprint density at radius 2 is 2.14 bits per heavy atom. The molecule has 0 unspecified atom stereocenters. The molecule has 0 amide bonds. The first-order valence-corrected chi connectivity index (χ1v) is 7.19. The van der Waals surface area contributed by atoms with Gasteiger partial charge in [0.05, 0.1) is 25.1 Å². The van der Waals surface area contributed by atoms with E-state index in [0.29, 0.717) is 11.2 Å². The predicted octanol–water partition coefficient (Wildman–Crippen LogP) is -0.497. The lowest BCUT2D eigenvalue weighted by molar-refractivity contribution is -0.0367. The number of halogens is 1. The molecule has 0 saturated heterocycles. The van der Waals surface area contributed by atoms with Crippen molar-refractivity contribution in [3.63, 3.8) is 0 Å². The Morgan fingerprint density at radius 1 is 1.36 bits per heavy atom. The molecule has 5 N–H and O–H groups in total. The molecule has 22 heavy (non-hydrogen) atoms. The van der Waals surface area contributed by atoms with Crippen LogP contribution in [0.2, 0.25) is 5.28 Å². The minimum Gasteiger partial charge on any atom is -0.395 e. The minimum absolute atomic E-state index is 0.0163. The molecule has 2 aliphatic rings. The number of rotatable bonds is 2. The quantitative estimate of drug-likeness (QED) is 0.433. The fourth-order valence-electron chi connectivity index (χ4n) is 3.62. The number of nitrogen functional groups attached to an aromatic ring is 1. The van der Waals surface area contributed by atoms with Gasteiger partial charge < -0.3 is 25.6 Å². The molecule has 5 atom stereocenters. The number of aliphatic hydroxyl groups excluding tert-OH is 3. The lowest BCUT2D eigenvalue weighted by Crippen LogP contribution is -2.44. The van der Waals surface area contributed by atoms with Crippen LogP contribution in [-0.2, 0) is 0 Å². The average molecular weight is 324 g/mol. The van der Waals surface area contributed by atoms with E-state index in [1.165, 1.54) is 6.33 Å². The minimum atomic E-state index is -1.07. The SMILES string of the molecule is Nc1nc(Cl)nc2c1ncn2[C@H]1[C@H](O)[C@H](O)[C@]2(CO)C=C[C@H]12. The van der Waals surface area contributed by atoms with Gasteiger partial charge in [-0.05, 0) is 11.6 Å². The third-order valence-electron chi connectivity index (χ3n) is 4.84. The van der Waals surface area contributed by atoms with Crippen molar-refractivity contribution in [3.8, 4) is 0 Å². The first-order valence-electron chi connectivity index (χ1n) is 6.81. The maximum Gasteiger partial charge on any atom is 0.226 e. The summed E-state index contributed by atoms with van der Waals surface area (Å²) < 4.78 is 1.64. The van der Waals surface area contributed by atoms with Crippen molar-refractivity contribution in [2.45, 2.75) is 18.2 Å². The highest BCUT2D eigenvalue weighted by Crippen LogP contribution is 2.56. The van der Waals surface area contributed by atoms with Gasteiger partial charge in [0.1, 0.15) is 11.6 Å². The van der Waals surface area contributed by atoms with Crippen LogP contribution in [0.5, 0.6) is 0 Å². The second kappa shape index (κ2) is 4.39. The first-order chi connectivity index (χ1) is 10.5. The van der Waals surface area contributed by atoms with Crippen LogP contribution in [0.4, 0.5) is 5.82 Å². The summed E-state index contributed by atoms with van der Waals surface area (Å²) in [6, 6.07) is -0.512. The van der Waals surface area contributed by atoms with E-state index in [-0.39, 0.29) is 23.6 Å². The average Bonchev–Trinajstić information content (AvgIpc) is 2.92. The van der Waals surface area contributed by atoms with Crippen LogP contribution < -0.4 is 5.73 Å². The lowest BCUT2D eigenvalue weighted by Gasteiger charge is -2.40. The molecule has 1 saturated carbocycles. The van der Waals surface area contributed by atoms with Crippen molar-refractivity contribution < 1.29 is 15.3 Å². The highest BCUT2D eigenvalue weighted by Gasteiger charge is 2.62. The van der Waals surface area contributed by atoms with Gasteiger partial charge in [-0.25, -0.2) is 4.98 Å². The summed E-state index contributed by atoms with van der Waals surface area (Å²) in [5.74, 6) is -0.0748. The number of aromatic nitrogens is 4. The Morgan fingerprint density at radius 3 is 2.73 bits per heavy atom. The van der Waals surface area contributed by atoms with Gasteiger partial charge in [-0.1, -0.05) is 12.2 Å². The normalized spacial score (nSPS) is 36.5. The van der Waals surface area contributed by atoms with Crippen LogP contribution in [0, 0.1) is 11.3 Å². The fraction of sp³-hybridized carbons (Fsp3) is 0.462. The topological polar surface area (TPSA) is 130 Å². The zero-order chi connectivity index (χ0) is 15.6. The molecule has 0 spiro atoms. The summed E-state index contributed by atoms with van der Waals surface area (Å²) in [4.78, 5) is 12.1. The highest BCUT2D eigenvalue weighted by molar-refractivity contribution is 6.28. The lowest BCUT2D eigenvalue weighted by atomic mass is 9.68. The summed E-state index contributed by atoms with van der Waals surface area (Å²) in [5.41, 5.74) is 5.73. The summed E-state index contributed by atoms with van der Waals surface area (Å²) >= 11 is 5.85. The third-order valence-corrected chi connectivity index (χ3v) is 5.01. The Hall–Kier alpha value is -1.74. The van der Waals surface area contributed by atoms with E-state index in [2.05, 4.69) is 15.0 Å². The first kappa shape index (κ1) is 13.9. The molecule has 1 fully saturated rings. The number of anilines is 1. The largest absolute Gasteiger partial charge is 0.395 e. The molecule has 2 aliphatic carbocycles. The molecule has 9 heteroatoms. The summed E-state index contributed by atoms with van der Waals surface area (Å²) in [6.07, 6.45) is 2.95. The van der Waals surface area contributed by atoms with Crippen molar-refractivity contribution in [3.05, 3.63) is 23.8 Å². The van der Waals surface area contributed by atoms with Crippen LogP contribution in [0.25, 0.3) is 11.2 Å². The van der Waals surface area contributed by atoms with Crippen molar-refractivity contribution >= 4 is 28.6 Å². The number of imidazole rings is 1. The van der Waals surface area contributed by atoms with E-state index in [1.807, 2.05) is 6.08 Å². The molecule has 0 bridgehead atoms. The zero-order valence-corrected chi connectivity index (χ0v) is 12.1. The number of hydrogen-bond acceptors (Lipinski definition) is 7. The maximum atomic E-state index is 10.4. The van der Waals surface area contributed by atoms with E-state index in [0.717, 1.165) is 0 Å². The van der Waals surface area contributed by atoms with Gasteiger partial charge in [0.15, 0.2) is 11.5 Å². The molecule has 2 heterocycles. The summed E-state index contributed by atoms with van der Waals surface area (Å²) in [6.45, 7) is -0.243. The number of aliphatic hydroxyl groups is 3. The van der Waals surface area contributed by atoms with E-state index >= 15 is 0 Å². The molecule has 8 nitrogen and oxygen atoms in total.